The summed E-state index contributed by atoms with van der Waals surface area (Å²) in [6.07, 6.45) is 1.90. The molecule has 6 nitrogen and oxygen atoms in total. The number of likely N-dealkylation sites (tertiary alicyclic amines) is 1. The van der Waals surface area contributed by atoms with E-state index < -0.39 is 11.6 Å². The Morgan fingerprint density at radius 3 is 2.22 bits per heavy atom. The van der Waals surface area contributed by atoms with E-state index >= 15 is 0 Å². The summed E-state index contributed by atoms with van der Waals surface area (Å²) in [7, 11) is 0. The van der Waals surface area contributed by atoms with E-state index in [1.807, 2.05) is 12.1 Å². The van der Waals surface area contributed by atoms with E-state index in [-0.39, 0.29) is 38.4 Å². The van der Waals surface area contributed by atoms with Gasteiger partial charge in [-0.05, 0) is 55.1 Å². The molecule has 1 aliphatic rings. The van der Waals surface area contributed by atoms with Crippen LogP contribution in [0.4, 0.5) is 0 Å². The Kier molecular flexibility index (Phi) is 12.4. The second kappa shape index (κ2) is 15.0. The number of carbonyl (C=O) groups excluding carboxylic acids is 1. The summed E-state index contributed by atoms with van der Waals surface area (Å²) in [5, 5.41) is 11.7. The average Bonchev–Trinajstić information content (AvgIpc) is 2.92. The number of hydrogen-bond acceptors (Lipinski definition) is 6. The third-order valence-electron chi connectivity index (χ3n) is 6.53. The minimum Gasteiger partial charge on any atom is -0.492 e. The van der Waals surface area contributed by atoms with E-state index in [1.54, 1.807) is 48.5 Å². The van der Waals surface area contributed by atoms with Crippen molar-refractivity contribution in [3.8, 4) is 5.75 Å². The second-order valence-corrected chi connectivity index (χ2v) is 9.04. The van der Waals surface area contributed by atoms with Gasteiger partial charge in [0.15, 0.2) is 0 Å². The maximum Gasteiger partial charge on any atom is 0.347 e. The molecule has 3 aromatic rings. The number of rotatable bonds is 10. The van der Waals surface area contributed by atoms with Crippen LogP contribution in [-0.4, -0.2) is 48.8 Å². The third kappa shape index (κ3) is 7.97. The summed E-state index contributed by atoms with van der Waals surface area (Å²) >= 11 is 0. The number of benzene rings is 3. The molecule has 8 heteroatoms. The van der Waals surface area contributed by atoms with Crippen LogP contribution in [0.3, 0.4) is 0 Å². The van der Waals surface area contributed by atoms with Crippen LogP contribution >= 0.6 is 25.9 Å². The quantitative estimate of drug-likeness (QED) is 0.371. The normalized spacial score (nSPS) is 15.5. The van der Waals surface area contributed by atoms with E-state index in [4.69, 9.17) is 15.2 Å². The van der Waals surface area contributed by atoms with Crippen molar-refractivity contribution in [2.75, 3.05) is 32.8 Å². The average molecular weight is 545 g/mol. The highest BCUT2D eigenvalue weighted by molar-refractivity contribution is 7.59. The molecular formula is C29H37ClN2O4S. The van der Waals surface area contributed by atoms with E-state index in [0.717, 1.165) is 32.5 Å². The topological polar surface area (TPSA) is 85.0 Å². The van der Waals surface area contributed by atoms with Crippen molar-refractivity contribution in [1.82, 2.24) is 4.90 Å². The van der Waals surface area contributed by atoms with Gasteiger partial charge in [0.1, 0.15) is 12.4 Å². The van der Waals surface area contributed by atoms with Crippen LogP contribution < -0.4 is 10.5 Å². The monoisotopic (exact) mass is 544 g/mol. The minimum atomic E-state index is -1.93. The van der Waals surface area contributed by atoms with Gasteiger partial charge in [0.2, 0.25) is 5.60 Å². The Balaban J connectivity index is 0.00000241. The van der Waals surface area contributed by atoms with Gasteiger partial charge in [-0.15, -0.1) is 12.4 Å². The summed E-state index contributed by atoms with van der Waals surface area (Å²) in [6.45, 7) is 3.86. The summed E-state index contributed by atoms with van der Waals surface area (Å²) in [5.74, 6) is 0.137. The third-order valence-corrected chi connectivity index (χ3v) is 6.53. The zero-order chi connectivity index (χ0) is 24.5. The molecular weight excluding hydrogens is 508 g/mol. The zero-order valence-electron chi connectivity index (χ0n) is 20.9. The molecule has 0 aromatic heterocycles. The number of hydrogen-bond donors (Lipinski definition) is 2. The second-order valence-electron chi connectivity index (χ2n) is 9.04. The van der Waals surface area contributed by atoms with Gasteiger partial charge in [-0.25, -0.2) is 4.79 Å². The van der Waals surface area contributed by atoms with Crippen LogP contribution in [0.15, 0.2) is 84.9 Å². The predicted molar refractivity (Wildman–Crippen MR) is 153 cm³/mol. The molecule has 3 aromatic carbocycles. The van der Waals surface area contributed by atoms with Gasteiger partial charge in [0, 0.05) is 18.7 Å². The molecule has 1 fully saturated rings. The highest BCUT2D eigenvalue weighted by Crippen LogP contribution is 2.33. The van der Waals surface area contributed by atoms with Gasteiger partial charge in [-0.1, -0.05) is 72.8 Å². The molecule has 0 aliphatic carbocycles. The SMILES string of the molecule is Cl.NCCOc1cccc([C@](O)(C(=O)OCC2CCN(Cc3ccccc3)CC2)c2ccccc2)c1.S. The molecule has 1 saturated heterocycles. The first-order valence-corrected chi connectivity index (χ1v) is 12.2. The molecule has 0 radical (unpaired) electrons. The van der Waals surface area contributed by atoms with Crippen molar-refractivity contribution in [2.45, 2.75) is 25.0 Å². The molecule has 0 bridgehead atoms. The van der Waals surface area contributed by atoms with Gasteiger partial charge in [0.25, 0.3) is 0 Å². The van der Waals surface area contributed by atoms with Crippen molar-refractivity contribution in [3.05, 3.63) is 102 Å². The molecule has 3 N–H and O–H groups in total. The number of ether oxygens (including phenoxy) is 2. The number of carbonyl (C=O) groups is 1. The first-order chi connectivity index (χ1) is 17.1. The lowest BCUT2D eigenvalue weighted by molar-refractivity contribution is -0.164. The number of nitrogens with two attached hydrogens (primary N) is 1. The van der Waals surface area contributed by atoms with Gasteiger partial charge < -0.3 is 20.3 Å². The van der Waals surface area contributed by atoms with Crippen LogP contribution in [0.25, 0.3) is 0 Å². The number of halogens is 1. The van der Waals surface area contributed by atoms with Crippen molar-refractivity contribution in [1.29, 1.82) is 0 Å². The smallest absolute Gasteiger partial charge is 0.347 e. The van der Waals surface area contributed by atoms with E-state index in [0.29, 0.717) is 30.0 Å². The Labute approximate surface area is 232 Å². The molecule has 0 saturated carbocycles. The van der Waals surface area contributed by atoms with Crippen LogP contribution in [-0.2, 0) is 21.7 Å². The number of esters is 1. The van der Waals surface area contributed by atoms with Crippen LogP contribution in [0.1, 0.15) is 29.5 Å². The lowest BCUT2D eigenvalue weighted by atomic mass is 9.86. The molecule has 0 unspecified atom stereocenters. The van der Waals surface area contributed by atoms with E-state index in [1.165, 1.54) is 5.56 Å². The van der Waals surface area contributed by atoms with Crippen molar-refractivity contribution < 1.29 is 19.4 Å². The number of aliphatic hydroxyl groups is 1. The van der Waals surface area contributed by atoms with Crippen LogP contribution in [0.5, 0.6) is 5.75 Å². The maximum atomic E-state index is 13.4. The maximum absolute atomic E-state index is 13.4. The fourth-order valence-corrected chi connectivity index (χ4v) is 4.52. The zero-order valence-corrected chi connectivity index (χ0v) is 22.7. The van der Waals surface area contributed by atoms with Gasteiger partial charge in [-0.2, -0.15) is 13.5 Å². The Morgan fingerprint density at radius 1 is 0.946 bits per heavy atom. The lowest BCUT2D eigenvalue weighted by Crippen LogP contribution is -2.40. The highest BCUT2D eigenvalue weighted by atomic mass is 35.5. The van der Waals surface area contributed by atoms with E-state index in [9.17, 15) is 9.90 Å². The van der Waals surface area contributed by atoms with Crippen LogP contribution in [0, 0.1) is 5.92 Å². The first kappa shape index (κ1) is 30.7. The summed E-state index contributed by atoms with van der Waals surface area (Å²) < 4.78 is 11.4. The summed E-state index contributed by atoms with van der Waals surface area (Å²) in [5.41, 5.74) is 5.78. The lowest BCUT2D eigenvalue weighted by Gasteiger charge is -2.33. The Hall–Kier alpha value is -2.55. The molecule has 4 rings (SSSR count). The Bertz CT molecular complexity index is 1080. The Morgan fingerprint density at radius 2 is 1.57 bits per heavy atom. The number of nitrogens with zero attached hydrogens (tertiary/aromatic N) is 1. The van der Waals surface area contributed by atoms with Crippen LogP contribution in [0.2, 0.25) is 0 Å². The van der Waals surface area contributed by atoms with Crippen molar-refractivity contribution >= 4 is 31.9 Å². The number of piperidine rings is 1. The van der Waals surface area contributed by atoms with Crippen molar-refractivity contribution in [3.63, 3.8) is 0 Å². The van der Waals surface area contributed by atoms with Gasteiger partial charge >= 0.3 is 5.97 Å². The molecule has 37 heavy (non-hydrogen) atoms. The fourth-order valence-electron chi connectivity index (χ4n) is 4.52. The molecule has 1 heterocycles. The standard InChI is InChI=1S/C29H34N2O4.ClH.H2S/c30-16-19-34-27-13-7-12-26(20-27)29(33,25-10-5-2-6-11-25)28(32)35-22-24-14-17-31(18-15-24)21-23-8-3-1-4-9-23;;/h1-13,20,24,33H,14-19,21-22,30H2;1H;1H2/t29-;;/m0../s1. The molecule has 0 spiro atoms. The molecule has 200 valence electrons. The van der Waals surface area contributed by atoms with E-state index in [2.05, 4.69) is 29.2 Å². The molecule has 1 aliphatic heterocycles. The largest absolute Gasteiger partial charge is 0.492 e. The predicted octanol–water partition coefficient (Wildman–Crippen LogP) is 4.25. The summed E-state index contributed by atoms with van der Waals surface area (Å²) in [6, 6.07) is 26.3. The van der Waals surface area contributed by atoms with Gasteiger partial charge in [0.05, 0.1) is 6.61 Å². The van der Waals surface area contributed by atoms with Crippen molar-refractivity contribution in [2.24, 2.45) is 11.7 Å². The minimum absolute atomic E-state index is 0. The summed E-state index contributed by atoms with van der Waals surface area (Å²) in [4.78, 5) is 15.8. The molecule has 1 atom stereocenters. The fraction of sp³-hybridized carbons (Fsp3) is 0.345. The molecule has 0 amide bonds. The highest BCUT2D eigenvalue weighted by Gasteiger charge is 2.42. The first-order valence-electron chi connectivity index (χ1n) is 12.2. The van der Waals surface area contributed by atoms with Gasteiger partial charge in [-0.3, -0.25) is 4.90 Å².